The standard InChI is InChI=1S/C17H11NO2S/c19-17(20)11-5-3-4-10-8-9-14-16(15(10)11)18-12-6-1-2-7-13(12)21-14/h1-9,18H,(H,19,20). The lowest BCUT2D eigenvalue weighted by atomic mass is 10.0. The van der Waals surface area contributed by atoms with Crippen molar-refractivity contribution in [2.24, 2.45) is 0 Å². The summed E-state index contributed by atoms with van der Waals surface area (Å²) in [4.78, 5) is 13.7. The molecule has 3 nitrogen and oxygen atoms in total. The van der Waals surface area contributed by atoms with Crippen molar-refractivity contribution in [2.45, 2.75) is 9.79 Å². The Bertz CT molecular complexity index is 889. The third-order valence-electron chi connectivity index (χ3n) is 3.60. The summed E-state index contributed by atoms with van der Waals surface area (Å²) in [5, 5.41) is 14.5. The van der Waals surface area contributed by atoms with Crippen molar-refractivity contribution < 1.29 is 9.90 Å². The lowest BCUT2D eigenvalue weighted by Gasteiger charge is -2.22. The van der Waals surface area contributed by atoms with Gasteiger partial charge in [0.2, 0.25) is 0 Å². The largest absolute Gasteiger partial charge is 0.478 e. The number of nitrogens with one attached hydrogen (secondary N) is 1. The summed E-state index contributed by atoms with van der Waals surface area (Å²) < 4.78 is 0. The molecule has 0 amide bonds. The van der Waals surface area contributed by atoms with Crippen molar-refractivity contribution in [3.8, 4) is 0 Å². The highest BCUT2D eigenvalue weighted by Gasteiger charge is 2.20. The molecule has 0 bridgehead atoms. The van der Waals surface area contributed by atoms with E-state index in [1.807, 2.05) is 36.4 Å². The number of carbonyl (C=O) groups is 1. The predicted molar refractivity (Wildman–Crippen MR) is 84.8 cm³/mol. The van der Waals surface area contributed by atoms with Crippen LogP contribution >= 0.6 is 11.8 Å². The van der Waals surface area contributed by atoms with Crippen molar-refractivity contribution in [3.63, 3.8) is 0 Å². The molecule has 0 radical (unpaired) electrons. The number of para-hydroxylation sites is 1. The van der Waals surface area contributed by atoms with E-state index in [9.17, 15) is 9.90 Å². The summed E-state index contributed by atoms with van der Waals surface area (Å²) in [6.45, 7) is 0. The van der Waals surface area contributed by atoms with Gasteiger partial charge in [0.1, 0.15) is 0 Å². The molecule has 102 valence electrons. The van der Waals surface area contributed by atoms with Crippen LogP contribution in [0.25, 0.3) is 10.8 Å². The monoisotopic (exact) mass is 293 g/mol. The second kappa shape index (κ2) is 4.53. The average Bonchev–Trinajstić information content (AvgIpc) is 2.52. The molecule has 1 aliphatic heterocycles. The molecule has 1 aliphatic rings. The van der Waals surface area contributed by atoms with Crippen LogP contribution in [0.1, 0.15) is 10.4 Å². The van der Waals surface area contributed by atoms with Crippen molar-refractivity contribution >= 4 is 39.9 Å². The van der Waals surface area contributed by atoms with Gasteiger partial charge in [-0.25, -0.2) is 4.79 Å². The molecular weight excluding hydrogens is 282 g/mol. The molecule has 3 aromatic rings. The lowest BCUT2D eigenvalue weighted by molar-refractivity contribution is 0.0699. The molecule has 21 heavy (non-hydrogen) atoms. The van der Waals surface area contributed by atoms with Crippen molar-refractivity contribution in [1.29, 1.82) is 0 Å². The fraction of sp³-hybridized carbons (Fsp3) is 0. The smallest absolute Gasteiger partial charge is 0.336 e. The van der Waals surface area contributed by atoms with E-state index in [0.29, 0.717) is 5.56 Å². The van der Waals surface area contributed by atoms with E-state index < -0.39 is 5.97 Å². The minimum atomic E-state index is -0.903. The van der Waals surface area contributed by atoms with Crippen LogP contribution in [0.15, 0.2) is 64.4 Å². The molecule has 0 saturated heterocycles. The Kier molecular flexibility index (Phi) is 2.65. The summed E-state index contributed by atoms with van der Waals surface area (Å²) in [5.74, 6) is -0.903. The summed E-state index contributed by atoms with van der Waals surface area (Å²) in [7, 11) is 0. The van der Waals surface area contributed by atoms with Gasteiger partial charge in [0.25, 0.3) is 0 Å². The Morgan fingerprint density at radius 1 is 0.952 bits per heavy atom. The Morgan fingerprint density at radius 3 is 2.67 bits per heavy atom. The molecule has 3 aromatic carbocycles. The van der Waals surface area contributed by atoms with Gasteiger partial charge in [-0.15, -0.1) is 0 Å². The third kappa shape index (κ3) is 1.87. The molecule has 4 rings (SSSR count). The number of rotatable bonds is 1. The van der Waals surface area contributed by atoms with Gasteiger partial charge in [-0.1, -0.05) is 42.1 Å². The van der Waals surface area contributed by atoms with Gasteiger partial charge in [-0.05, 0) is 29.7 Å². The quantitative estimate of drug-likeness (QED) is 0.532. The average molecular weight is 293 g/mol. The van der Waals surface area contributed by atoms with Crippen molar-refractivity contribution in [1.82, 2.24) is 0 Å². The first-order valence-electron chi connectivity index (χ1n) is 6.57. The molecule has 0 spiro atoms. The molecule has 2 N–H and O–H groups in total. The number of hydrogen-bond acceptors (Lipinski definition) is 3. The van der Waals surface area contributed by atoms with E-state index in [2.05, 4.69) is 11.4 Å². The van der Waals surface area contributed by atoms with Crippen LogP contribution in [0.2, 0.25) is 0 Å². The number of benzene rings is 3. The molecule has 0 fully saturated rings. The highest BCUT2D eigenvalue weighted by Crippen LogP contribution is 2.47. The molecule has 0 saturated carbocycles. The lowest BCUT2D eigenvalue weighted by Crippen LogP contribution is -2.04. The summed E-state index contributed by atoms with van der Waals surface area (Å²) in [6.07, 6.45) is 0. The van der Waals surface area contributed by atoms with Crippen molar-refractivity contribution in [2.75, 3.05) is 5.32 Å². The zero-order valence-electron chi connectivity index (χ0n) is 11.0. The Balaban J connectivity index is 2.02. The van der Waals surface area contributed by atoms with Crippen molar-refractivity contribution in [3.05, 3.63) is 60.2 Å². The van der Waals surface area contributed by atoms with E-state index in [1.165, 1.54) is 0 Å². The molecule has 0 atom stereocenters. The van der Waals surface area contributed by atoms with Gasteiger partial charge in [0.05, 0.1) is 16.9 Å². The van der Waals surface area contributed by atoms with Crippen LogP contribution in [-0.2, 0) is 0 Å². The molecule has 0 aliphatic carbocycles. The van der Waals surface area contributed by atoms with Gasteiger partial charge in [0, 0.05) is 15.2 Å². The van der Waals surface area contributed by atoms with Gasteiger partial charge in [-0.2, -0.15) is 0 Å². The fourth-order valence-corrected chi connectivity index (χ4v) is 3.66. The normalized spacial score (nSPS) is 12.4. The zero-order valence-corrected chi connectivity index (χ0v) is 11.8. The third-order valence-corrected chi connectivity index (χ3v) is 4.74. The van der Waals surface area contributed by atoms with Crippen LogP contribution in [0, 0.1) is 0 Å². The van der Waals surface area contributed by atoms with Crippen LogP contribution in [0.5, 0.6) is 0 Å². The van der Waals surface area contributed by atoms with Crippen LogP contribution in [0.3, 0.4) is 0 Å². The van der Waals surface area contributed by atoms with Crippen LogP contribution < -0.4 is 5.32 Å². The number of hydrogen-bond donors (Lipinski definition) is 2. The van der Waals surface area contributed by atoms with E-state index in [4.69, 9.17) is 0 Å². The first-order chi connectivity index (χ1) is 10.2. The Labute approximate surface area is 125 Å². The number of aromatic carboxylic acids is 1. The van der Waals surface area contributed by atoms with E-state index in [1.54, 1.807) is 23.9 Å². The molecule has 0 unspecified atom stereocenters. The maximum Gasteiger partial charge on any atom is 0.336 e. The fourth-order valence-electron chi connectivity index (χ4n) is 2.66. The summed E-state index contributed by atoms with van der Waals surface area (Å²) >= 11 is 1.66. The molecule has 4 heteroatoms. The van der Waals surface area contributed by atoms with Gasteiger partial charge >= 0.3 is 5.97 Å². The molecular formula is C17H11NO2S. The molecule has 0 aromatic heterocycles. The number of fused-ring (bicyclic) bond motifs is 4. The second-order valence-electron chi connectivity index (χ2n) is 4.87. The number of anilines is 2. The number of carboxylic acid groups (broad SMARTS) is 1. The van der Waals surface area contributed by atoms with E-state index in [-0.39, 0.29) is 0 Å². The number of carboxylic acids is 1. The predicted octanol–water partition coefficient (Wildman–Crippen LogP) is 4.75. The first kappa shape index (κ1) is 12.3. The Hall–Kier alpha value is -2.46. The van der Waals surface area contributed by atoms with Gasteiger partial charge < -0.3 is 10.4 Å². The first-order valence-corrected chi connectivity index (χ1v) is 7.38. The SMILES string of the molecule is O=C(O)c1cccc2ccc3c(c12)Nc1ccccc1S3. The zero-order chi connectivity index (χ0) is 14.4. The van der Waals surface area contributed by atoms with Gasteiger partial charge in [-0.3, -0.25) is 0 Å². The minimum absolute atomic E-state index is 0.330. The summed E-state index contributed by atoms with van der Waals surface area (Å²) in [6, 6.07) is 17.4. The highest BCUT2D eigenvalue weighted by molar-refractivity contribution is 7.99. The summed E-state index contributed by atoms with van der Waals surface area (Å²) in [5.41, 5.74) is 2.23. The van der Waals surface area contributed by atoms with Crippen LogP contribution in [0.4, 0.5) is 11.4 Å². The van der Waals surface area contributed by atoms with E-state index >= 15 is 0 Å². The van der Waals surface area contributed by atoms with Gasteiger partial charge in [0.15, 0.2) is 0 Å². The Morgan fingerprint density at radius 2 is 1.81 bits per heavy atom. The second-order valence-corrected chi connectivity index (χ2v) is 5.95. The van der Waals surface area contributed by atoms with E-state index in [0.717, 1.165) is 31.9 Å². The highest BCUT2D eigenvalue weighted by atomic mass is 32.2. The maximum absolute atomic E-state index is 11.5. The minimum Gasteiger partial charge on any atom is -0.478 e. The van der Waals surface area contributed by atoms with Crippen LogP contribution in [-0.4, -0.2) is 11.1 Å². The molecule has 1 heterocycles. The maximum atomic E-state index is 11.5. The topological polar surface area (TPSA) is 49.3 Å².